The monoisotopic (exact) mass is 333 g/mol. The summed E-state index contributed by atoms with van der Waals surface area (Å²) in [4.78, 5) is 23.9. The minimum Gasteiger partial charge on any atom is -0.369 e. The highest BCUT2D eigenvalue weighted by Gasteiger charge is 2.33. The molecule has 0 fully saturated rings. The third-order valence-corrected chi connectivity index (χ3v) is 3.15. The van der Waals surface area contributed by atoms with Crippen molar-refractivity contribution in [3.05, 3.63) is 35.4 Å². The summed E-state index contributed by atoms with van der Waals surface area (Å²) in [6.45, 7) is 5.99. The summed E-state index contributed by atoms with van der Waals surface area (Å²) in [6.07, 6.45) is 0. The average molecular weight is 333 g/mol. The van der Waals surface area contributed by atoms with Gasteiger partial charge in [-0.25, -0.2) is 5.48 Å². The van der Waals surface area contributed by atoms with Gasteiger partial charge in [-0.3, -0.25) is 14.8 Å². The molecular weight excluding hydrogens is 310 g/mol. The van der Waals surface area contributed by atoms with Crippen LogP contribution in [0.1, 0.15) is 36.7 Å². The molecule has 2 amide bonds. The van der Waals surface area contributed by atoms with Gasteiger partial charge in [-0.1, -0.05) is 11.8 Å². The van der Waals surface area contributed by atoms with E-state index >= 15 is 0 Å². The number of ether oxygens (including phenoxy) is 1. The first-order valence-electron chi connectivity index (χ1n) is 7.50. The molecule has 0 saturated heterocycles. The SMILES string of the molecule is CCOCC#Cc1ccc(C(=O)N[C@H](C(=O)NO)C(C)(C)N)cc1. The highest BCUT2D eigenvalue weighted by atomic mass is 16.5. The van der Waals surface area contributed by atoms with Gasteiger partial charge in [0.15, 0.2) is 0 Å². The molecule has 0 saturated carbocycles. The summed E-state index contributed by atoms with van der Waals surface area (Å²) in [7, 11) is 0. The molecule has 1 atom stereocenters. The van der Waals surface area contributed by atoms with E-state index < -0.39 is 23.4 Å². The Balaban J connectivity index is 2.80. The van der Waals surface area contributed by atoms with Crippen LogP contribution in [0.3, 0.4) is 0 Å². The first-order valence-corrected chi connectivity index (χ1v) is 7.50. The standard InChI is InChI=1S/C17H23N3O4/c1-4-24-11-5-6-12-7-9-13(10-8-12)15(21)19-14(16(22)20-23)17(2,3)18/h7-10,14,23H,4,11,18H2,1-3H3,(H,19,21)(H,20,22)/t14-/m1/s1. The van der Waals surface area contributed by atoms with Gasteiger partial charge in [0.05, 0.1) is 0 Å². The second-order valence-electron chi connectivity index (χ2n) is 5.72. The maximum absolute atomic E-state index is 12.2. The molecule has 0 aliphatic rings. The molecule has 0 radical (unpaired) electrons. The summed E-state index contributed by atoms with van der Waals surface area (Å²) in [5.41, 5.74) is 7.43. The van der Waals surface area contributed by atoms with Gasteiger partial charge < -0.3 is 15.8 Å². The molecule has 0 aromatic heterocycles. The molecule has 0 spiro atoms. The third kappa shape index (κ3) is 6.01. The van der Waals surface area contributed by atoms with E-state index in [1.165, 1.54) is 5.48 Å². The van der Waals surface area contributed by atoms with E-state index in [9.17, 15) is 9.59 Å². The largest absolute Gasteiger partial charge is 0.369 e. The number of carbonyl (C=O) groups excluding carboxylic acids is 2. The van der Waals surface area contributed by atoms with Crippen LogP contribution in [0.4, 0.5) is 0 Å². The number of amides is 2. The topological polar surface area (TPSA) is 114 Å². The quantitative estimate of drug-likeness (QED) is 0.261. The van der Waals surface area contributed by atoms with Gasteiger partial charge in [0.2, 0.25) is 0 Å². The minimum absolute atomic E-state index is 0.349. The van der Waals surface area contributed by atoms with Crippen molar-refractivity contribution in [1.29, 1.82) is 0 Å². The van der Waals surface area contributed by atoms with Crippen LogP contribution in [0.2, 0.25) is 0 Å². The molecule has 0 aliphatic heterocycles. The molecule has 0 heterocycles. The molecule has 130 valence electrons. The zero-order valence-electron chi connectivity index (χ0n) is 14.1. The lowest BCUT2D eigenvalue weighted by atomic mass is 9.95. The Kier molecular flexibility index (Phi) is 7.39. The molecule has 1 rings (SSSR count). The van der Waals surface area contributed by atoms with Gasteiger partial charge in [0, 0.05) is 23.3 Å². The Morgan fingerprint density at radius 3 is 2.46 bits per heavy atom. The minimum atomic E-state index is -1.08. The van der Waals surface area contributed by atoms with E-state index in [1.54, 1.807) is 38.1 Å². The molecular formula is C17H23N3O4. The van der Waals surface area contributed by atoms with Gasteiger partial charge >= 0.3 is 0 Å². The Hall–Kier alpha value is -2.40. The first-order chi connectivity index (χ1) is 11.3. The smallest absolute Gasteiger partial charge is 0.267 e. The molecule has 7 heteroatoms. The Morgan fingerprint density at radius 1 is 1.33 bits per heavy atom. The maximum atomic E-state index is 12.2. The normalized spacial score (nSPS) is 11.9. The Bertz CT molecular complexity index is 624. The Morgan fingerprint density at radius 2 is 1.96 bits per heavy atom. The Labute approximate surface area is 141 Å². The van der Waals surface area contributed by atoms with E-state index in [0.29, 0.717) is 18.8 Å². The van der Waals surface area contributed by atoms with Crippen LogP contribution < -0.4 is 16.5 Å². The molecule has 0 aliphatic carbocycles. The van der Waals surface area contributed by atoms with Crippen molar-refractivity contribution in [3.63, 3.8) is 0 Å². The number of benzene rings is 1. The lowest BCUT2D eigenvalue weighted by Gasteiger charge is -2.29. The van der Waals surface area contributed by atoms with Crippen molar-refractivity contribution in [2.45, 2.75) is 32.4 Å². The van der Waals surface area contributed by atoms with Crippen LogP contribution in [0.15, 0.2) is 24.3 Å². The van der Waals surface area contributed by atoms with Gasteiger partial charge in [-0.2, -0.15) is 0 Å². The van der Waals surface area contributed by atoms with E-state index in [0.717, 1.165) is 5.56 Å². The van der Waals surface area contributed by atoms with Crippen LogP contribution in [0.5, 0.6) is 0 Å². The third-order valence-electron chi connectivity index (χ3n) is 3.15. The van der Waals surface area contributed by atoms with Gasteiger partial charge in [0.25, 0.3) is 11.8 Å². The molecule has 0 unspecified atom stereocenters. The fraction of sp³-hybridized carbons (Fsp3) is 0.412. The number of hydroxylamine groups is 1. The van der Waals surface area contributed by atoms with Crippen molar-refractivity contribution < 1.29 is 19.5 Å². The predicted molar refractivity (Wildman–Crippen MR) is 89.3 cm³/mol. The van der Waals surface area contributed by atoms with Crippen molar-refractivity contribution in [2.24, 2.45) is 5.73 Å². The van der Waals surface area contributed by atoms with Gasteiger partial charge in [-0.05, 0) is 45.0 Å². The van der Waals surface area contributed by atoms with Crippen molar-refractivity contribution in [1.82, 2.24) is 10.8 Å². The fourth-order valence-corrected chi connectivity index (χ4v) is 1.86. The number of carbonyl (C=O) groups is 2. The van der Waals surface area contributed by atoms with Crippen LogP contribution >= 0.6 is 0 Å². The van der Waals surface area contributed by atoms with Crippen molar-refractivity contribution in [2.75, 3.05) is 13.2 Å². The second-order valence-corrected chi connectivity index (χ2v) is 5.72. The summed E-state index contributed by atoms with van der Waals surface area (Å²) in [6, 6.07) is 5.50. The van der Waals surface area contributed by atoms with E-state index in [1.807, 2.05) is 6.92 Å². The van der Waals surface area contributed by atoms with Crippen molar-refractivity contribution in [3.8, 4) is 11.8 Å². The molecule has 7 nitrogen and oxygen atoms in total. The highest BCUT2D eigenvalue weighted by Crippen LogP contribution is 2.08. The number of hydrogen-bond donors (Lipinski definition) is 4. The molecule has 1 aromatic rings. The summed E-state index contributed by atoms with van der Waals surface area (Å²) >= 11 is 0. The lowest BCUT2D eigenvalue weighted by Crippen LogP contribution is -2.61. The summed E-state index contributed by atoms with van der Waals surface area (Å²) in [5.74, 6) is 4.51. The molecule has 1 aromatic carbocycles. The predicted octanol–water partition coefficient (Wildman–Crippen LogP) is 0.416. The highest BCUT2D eigenvalue weighted by molar-refractivity contribution is 5.97. The zero-order chi connectivity index (χ0) is 18.2. The molecule has 24 heavy (non-hydrogen) atoms. The van der Waals surface area contributed by atoms with E-state index in [2.05, 4.69) is 17.2 Å². The van der Waals surface area contributed by atoms with E-state index in [4.69, 9.17) is 15.7 Å². The second kappa shape index (κ2) is 9.03. The van der Waals surface area contributed by atoms with Gasteiger partial charge in [-0.15, -0.1) is 0 Å². The first kappa shape index (κ1) is 19.6. The number of hydrogen-bond acceptors (Lipinski definition) is 5. The number of nitrogens with one attached hydrogen (secondary N) is 2. The van der Waals surface area contributed by atoms with E-state index in [-0.39, 0.29) is 0 Å². The number of rotatable bonds is 6. The average Bonchev–Trinajstić information content (AvgIpc) is 2.55. The fourth-order valence-electron chi connectivity index (χ4n) is 1.86. The van der Waals surface area contributed by atoms with Crippen molar-refractivity contribution >= 4 is 11.8 Å². The van der Waals surface area contributed by atoms with Crippen LogP contribution in [-0.2, 0) is 9.53 Å². The van der Waals surface area contributed by atoms with Crippen LogP contribution in [0.25, 0.3) is 0 Å². The van der Waals surface area contributed by atoms with Gasteiger partial charge in [0.1, 0.15) is 12.6 Å². The van der Waals surface area contributed by atoms with Crippen LogP contribution in [0, 0.1) is 11.8 Å². The summed E-state index contributed by atoms with van der Waals surface area (Å²) in [5, 5.41) is 11.3. The summed E-state index contributed by atoms with van der Waals surface area (Å²) < 4.78 is 5.12. The maximum Gasteiger partial charge on any atom is 0.267 e. The molecule has 5 N–H and O–H groups in total. The zero-order valence-corrected chi connectivity index (χ0v) is 14.1. The lowest BCUT2D eigenvalue weighted by molar-refractivity contribution is -0.132. The van der Waals surface area contributed by atoms with Crippen LogP contribution in [-0.4, -0.2) is 41.8 Å². The number of nitrogens with two attached hydrogens (primary N) is 1. The molecule has 0 bridgehead atoms.